The first kappa shape index (κ1) is 15.1. The van der Waals surface area contributed by atoms with E-state index in [-0.39, 0.29) is 5.91 Å². The Bertz CT molecular complexity index is 512. The summed E-state index contributed by atoms with van der Waals surface area (Å²) >= 11 is 1.49. The van der Waals surface area contributed by atoms with E-state index in [0.717, 1.165) is 17.3 Å². The number of rotatable bonds is 3. The molecule has 1 saturated carbocycles. The van der Waals surface area contributed by atoms with Crippen molar-refractivity contribution < 1.29 is 4.79 Å². The van der Waals surface area contributed by atoms with Gasteiger partial charge in [-0.25, -0.2) is 0 Å². The highest BCUT2D eigenvalue weighted by Gasteiger charge is 2.19. The molecule has 0 radical (unpaired) electrons. The highest BCUT2D eigenvalue weighted by Crippen LogP contribution is 2.28. The summed E-state index contributed by atoms with van der Waals surface area (Å²) in [4.78, 5) is 13.0. The second-order valence-electron chi connectivity index (χ2n) is 5.55. The average Bonchev–Trinajstić information content (AvgIpc) is 2.91. The van der Waals surface area contributed by atoms with E-state index in [1.807, 2.05) is 11.4 Å². The molecule has 1 heterocycles. The van der Waals surface area contributed by atoms with Crippen molar-refractivity contribution in [3.05, 3.63) is 21.9 Å². The van der Waals surface area contributed by atoms with E-state index in [9.17, 15) is 4.79 Å². The molecule has 0 aromatic carbocycles. The molecule has 2 unspecified atom stereocenters. The molecule has 0 aliphatic heterocycles. The van der Waals surface area contributed by atoms with Crippen LogP contribution in [-0.4, -0.2) is 19.0 Å². The SMILES string of the molecule is CC1CCCC(CNC(=O)c2csc(C#CCN)c2)C1. The van der Waals surface area contributed by atoms with Crippen LogP contribution in [0.5, 0.6) is 0 Å². The lowest BCUT2D eigenvalue weighted by Crippen LogP contribution is -2.31. The molecule has 3 nitrogen and oxygen atoms in total. The standard InChI is InChI=1S/C16H22N2OS/c1-12-4-2-5-13(8-12)10-18-16(19)14-9-15(20-11-14)6-3-7-17/h9,11-13H,2,4-5,7-8,10,17H2,1H3,(H,18,19). The zero-order chi connectivity index (χ0) is 14.4. The fourth-order valence-corrected chi connectivity index (χ4v) is 3.50. The quantitative estimate of drug-likeness (QED) is 0.841. The normalized spacial score (nSPS) is 21.9. The van der Waals surface area contributed by atoms with Crippen LogP contribution >= 0.6 is 11.3 Å². The Labute approximate surface area is 124 Å². The summed E-state index contributed by atoms with van der Waals surface area (Å²) < 4.78 is 0. The van der Waals surface area contributed by atoms with Gasteiger partial charge in [-0.05, 0) is 30.7 Å². The van der Waals surface area contributed by atoms with Gasteiger partial charge in [-0.1, -0.05) is 31.6 Å². The minimum absolute atomic E-state index is 0.0141. The molecule has 2 rings (SSSR count). The molecular weight excluding hydrogens is 268 g/mol. The maximum Gasteiger partial charge on any atom is 0.252 e. The smallest absolute Gasteiger partial charge is 0.252 e. The second kappa shape index (κ2) is 7.47. The second-order valence-corrected chi connectivity index (χ2v) is 6.46. The van der Waals surface area contributed by atoms with Gasteiger partial charge in [0.15, 0.2) is 0 Å². The van der Waals surface area contributed by atoms with E-state index >= 15 is 0 Å². The summed E-state index contributed by atoms with van der Waals surface area (Å²) in [7, 11) is 0. The zero-order valence-corrected chi connectivity index (χ0v) is 12.8. The van der Waals surface area contributed by atoms with Crippen molar-refractivity contribution in [1.29, 1.82) is 0 Å². The van der Waals surface area contributed by atoms with Gasteiger partial charge in [-0.3, -0.25) is 4.79 Å². The number of thiophene rings is 1. The van der Waals surface area contributed by atoms with Crippen LogP contribution < -0.4 is 11.1 Å². The van der Waals surface area contributed by atoms with Crippen molar-refractivity contribution >= 4 is 17.2 Å². The van der Waals surface area contributed by atoms with Gasteiger partial charge >= 0.3 is 0 Å². The fourth-order valence-electron chi connectivity index (χ4n) is 2.74. The molecule has 3 N–H and O–H groups in total. The third kappa shape index (κ3) is 4.36. The van der Waals surface area contributed by atoms with Crippen molar-refractivity contribution in [2.75, 3.05) is 13.1 Å². The Morgan fingerprint density at radius 2 is 2.40 bits per heavy atom. The van der Waals surface area contributed by atoms with E-state index in [4.69, 9.17) is 5.73 Å². The van der Waals surface area contributed by atoms with Gasteiger partial charge in [0.05, 0.1) is 17.0 Å². The molecular formula is C16H22N2OS. The molecule has 108 valence electrons. The maximum absolute atomic E-state index is 12.1. The Balaban J connectivity index is 1.83. The molecule has 0 spiro atoms. The number of carbonyl (C=O) groups is 1. The topological polar surface area (TPSA) is 55.1 Å². The summed E-state index contributed by atoms with van der Waals surface area (Å²) in [6, 6.07) is 1.84. The Hall–Kier alpha value is -1.31. The van der Waals surface area contributed by atoms with Crippen LogP contribution in [0.25, 0.3) is 0 Å². The molecule has 2 atom stereocenters. The Kier molecular flexibility index (Phi) is 5.63. The first-order chi connectivity index (χ1) is 9.69. The number of hydrogen-bond donors (Lipinski definition) is 2. The van der Waals surface area contributed by atoms with Crippen molar-refractivity contribution in [2.24, 2.45) is 17.6 Å². The number of carbonyl (C=O) groups excluding carboxylic acids is 1. The maximum atomic E-state index is 12.1. The number of nitrogens with two attached hydrogens (primary N) is 1. The van der Waals surface area contributed by atoms with E-state index in [1.54, 1.807) is 0 Å². The van der Waals surface area contributed by atoms with Crippen molar-refractivity contribution in [1.82, 2.24) is 5.32 Å². The number of nitrogens with one attached hydrogen (secondary N) is 1. The molecule has 4 heteroatoms. The first-order valence-corrected chi connectivity index (χ1v) is 8.12. The van der Waals surface area contributed by atoms with Crippen LogP contribution in [0.1, 0.15) is 47.8 Å². The van der Waals surface area contributed by atoms with E-state index in [2.05, 4.69) is 24.1 Å². The van der Waals surface area contributed by atoms with Gasteiger partial charge in [0.25, 0.3) is 5.91 Å². The number of amides is 1. The van der Waals surface area contributed by atoms with Crippen LogP contribution in [0.2, 0.25) is 0 Å². The predicted molar refractivity (Wildman–Crippen MR) is 83.7 cm³/mol. The molecule has 1 aliphatic rings. The lowest BCUT2D eigenvalue weighted by atomic mass is 9.82. The first-order valence-electron chi connectivity index (χ1n) is 7.24. The van der Waals surface area contributed by atoms with Crippen LogP contribution in [0.4, 0.5) is 0 Å². The monoisotopic (exact) mass is 290 g/mol. The van der Waals surface area contributed by atoms with Gasteiger partial charge in [0, 0.05) is 11.9 Å². The van der Waals surface area contributed by atoms with Gasteiger partial charge < -0.3 is 11.1 Å². The molecule has 1 aliphatic carbocycles. The molecule has 1 aromatic heterocycles. The minimum atomic E-state index is 0.0141. The zero-order valence-electron chi connectivity index (χ0n) is 11.9. The minimum Gasteiger partial charge on any atom is -0.352 e. The molecule has 1 amide bonds. The molecule has 1 aromatic rings. The van der Waals surface area contributed by atoms with Crippen LogP contribution in [0.15, 0.2) is 11.4 Å². The highest BCUT2D eigenvalue weighted by atomic mass is 32.1. The van der Waals surface area contributed by atoms with Crippen LogP contribution in [-0.2, 0) is 0 Å². The third-order valence-electron chi connectivity index (χ3n) is 3.77. The Morgan fingerprint density at radius 3 is 3.15 bits per heavy atom. The van der Waals surface area contributed by atoms with Crippen molar-refractivity contribution in [2.45, 2.75) is 32.6 Å². The Morgan fingerprint density at radius 1 is 1.55 bits per heavy atom. The van der Waals surface area contributed by atoms with E-state index < -0.39 is 0 Å². The molecule has 1 fully saturated rings. The van der Waals surface area contributed by atoms with E-state index in [0.29, 0.717) is 18.0 Å². The van der Waals surface area contributed by atoms with Gasteiger partial charge in [-0.15, -0.1) is 11.3 Å². The molecule has 0 bridgehead atoms. The fraction of sp³-hybridized carbons (Fsp3) is 0.562. The highest BCUT2D eigenvalue weighted by molar-refractivity contribution is 7.10. The number of hydrogen-bond acceptors (Lipinski definition) is 3. The summed E-state index contributed by atoms with van der Waals surface area (Å²) in [5.41, 5.74) is 6.04. The molecule has 20 heavy (non-hydrogen) atoms. The predicted octanol–water partition coefficient (Wildman–Crippen LogP) is 2.61. The van der Waals surface area contributed by atoms with Crippen LogP contribution in [0, 0.1) is 23.7 Å². The summed E-state index contributed by atoms with van der Waals surface area (Å²) in [5, 5.41) is 4.91. The van der Waals surface area contributed by atoms with Crippen molar-refractivity contribution in [3.63, 3.8) is 0 Å². The van der Waals surface area contributed by atoms with Gasteiger partial charge in [-0.2, -0.15) is 0 Å². The molecule has 0 saturated heterocycles. The lowest BCUT2D eigenvalue weighted by molar-refractivity contribution is 0.0941. The van der Waals surface area contributed by atoms with Gasteiger partial charge in [0.2, 0.25) is 0 Å². The largest absolute Gasteiger partial charge is 0.352 e. The van der Waals surface area contributed by atoms with Crippen LogP contribution in [0.3, 0.4) is 0 Å². The summed E-state index contributed by atoms with van der Waals surface area (Å²) in [5.74, 6) is 7.20. The van der Waals surface area contributed by atoms with Gasteiger partial charge in [0.1, 0.15) is 0 Å². The summed E-state index contributed by atoms with van der Waals surface area (Å²) in [6.45, 7) is 3.44. The summed E-state index contributed by atoms with van der Waals surface area (Å²) in [6.07, 6.45) is 5.09. The average molecular weight is 290 g/mol. The van der Waals surface area contributed by atoms with E-state index in [1.165, 1.54) is 37.0 Å². The third-order valence-corrected chi connectivity index (χ3v) is 4.62. The van der Waals surface area contributed by atoms with Crippen molar-refractivity contribution in [3.8, 4) is 11.8 Å². The lowest BCUT2D eigenvalue weighted by Gasteiger charge is -2.26.